The van der Waals surface area contributed by atoms with E-state index in [0.717, 1.165) is 6.54 Å². The van der Waals surface area contributed by atoms with Crippen molar-refractivity contribution in [2.45, 2.75) is 26.2 Å². The summed E-state index contributed by atoms with van der Waals surface area (Å²) in [5.41, 5.74) is 0. The first-order valence-electron chi connectivity index (χ1n) is 4.14. The van der Waals surface area contributed by atoms with Crippen LogP contribution in [0, 0.1) is 0 Å². The van der Waals surface area contributed by atoms with E-state index in [4.69, 9.17) is 0 Å². The molecule has 0 aromatic carbocycles. The lowest BCUT2D eigenvalue weighted by Gasteiger charge is -1.98. The van der Waals surface area contributed by atoms with Crippen LogP contribution in [0.3, 0.4) is 0 Å². The van der Waals surface area contributed by atoms with Gasteiger partial charge in [0.1, 0.15) is 0 Å². The Kier molecular flexibility index (Phi) is 9.60. The number of unbranched alkanes of at least 4 members (excludes halogenated alkanes) is 2. The number of hydrogen-bond donors (Lipinski definition) is 1. The zero-order valence-corrected chi connectivity index (χ0v) is 7.97. The van der Waals surface area contributed by atoms with Gasteiger partial charge in [-0.15, -0.1) is 0 Å². The Labute approximate surface area is 69.0 Å². The van der Waals surface area contributed by atoms with Crippen LogP contribution < -0.4 is 5.32 Å². The molecule has 0 bridgehead atoms. The van der Waals surface area contributed by atoms with Gasteiger partial charge in [0.05, 0.1) is 0 Å². The fraction of sp³-hybridized carbons (Fsp3) is 1.00. The van der Waals surface area contributed by atoms with E-state index in [-0.39, 0.29) is 0 Å². The number of thioether (sulfide) groups is 1. The van der Waals surface area contributed by atoms with E-state index in [9.17, 15) is 0 Å². The van der Waals surface area contributed by atoms with Gasteiger partial charge in [-0.1, -0.05) is 19.8 Å². The minimum atomic E-state index is 1.15. The van der Waals surface area contributed by atoms with Crippen molar-refractivity contribution in [1.29, 1.82) is 0 Å². The Hall–Kier alpha value is 0.310. The molecule has 62 valence electrons. The van der Waals surface area contributed by atoms with Crippen LogP contribution in [0.15, 0.2) is 0 Å². The summed E-state index contributed by atoms with van der Waals surface area (Å²) in [5.74, 6) is 2.61. The molecule has 0 aliphatic carbocycles. The van der Waals surface area contributed by atoms with Crippen molar-refractivity contribution in [1.82, 2.24) is 5.32 Å². The standard InChI is InChI=1S/C8H19NS/c1-3-4-5-7-10-8-6-9-2/h9H,3-8H2,1-2H3. The van der Waals surface area contributed by atoms with Crippen LogP contribution in [0.25, 0.3) is 0 Å². The number of hydrogen-bond acceptors (Lipinski definition) is 2. The van der Waals surface area contributed by atoms with Gasteiger partial charge in [-0.2, -0.15) is 11.8 Å². The van der Waals surface area contributed by atoms with Crippen LogP contribution in [-0.2, 0) is 0 Å². The van der Waals surface area contributed by atoms with Gasteiger partial charge in [0.2, 0.25) is 0 Å². The average Bonchev–Trinajstić information content (AvgIpc) is 1.97. The first-order chi connectivity index (χ1) is 4.91. The van der Waals surface area contributed by atoms with Crippen molar-refractivity contribution >= 4 is 11.8 Å². The molecule has 0 saturated carbocycles. The average molecular weight is 161 g/mol. The summed E-state index contributed by atoms with van der Waals surface area (Å²) in [4.78, 5) is 0. The fourth-order valence-corrected chi connectivity index (χ4v) is 1.69. The van der Waals surface area contributed by atoms with Crippen molar-refractivity contribution in [3.63, 3.8) is 0 Å². The van der Waals surface area contributed by atoms with Crippen molar-refractivity contribution < 1.29 is 0 Å². The van der Waals surface area contributed by atoms with Crippen LogP contribution in [0.1, 0.15) is 26.2 Å². The van der Waals surface area contributed by atoms with E-state index in [2.05, 4.69) is 24.0 Å². The second-order valence-corrected chi connectivity index (χ2v) is 3.65. The molecule has 0 rings (SSSR count). The van der Waals surface area contributed by atoms with Crippen molar-refractivity contribution in [2.75, 3.05) is 25.1 Å². The summed E-state index contributed by atoms with van der Waals surface area (Å²) in [6.07, 6.45) is 4.13. The predicted molar refractivity (Wildman–Crippen MR) is 50.8 cm³/mol. The molecule has 0 aromatic rings. The van der Waals surface area contributed by atoms with Gasteiger partial charge in [-0.25, -0.2) is 0 Å². The zero-order chi connectivity index (χ0) is 7.66. The topological polar surface area (TPSA) is 12.0 Å². The summed E-state index contributed by atoms with van der Waals surface area (Å²) >= 11 is 2.06. The van der Waals surface area contributed by atoms with E-state index in [1.807, 2.05) is 7.05 Å². The Balaban J connectivity index is 2.65. The second kappa shape index (κ2) is 9.31. The largest absolute Gasteiger partial charge is 0.319 e. The van der Waals surface area contributed by atoms with Crippen molar-refractivity contribution in [2.24, 2.45) is 0 Å². The van der Waals surface area contributed by atoms with E-state index in [0.29, 0.717) is 0 Å². The minimum absolute atomic E-state index is 1.15. The fourth-order valence-electron chi connectivity index (χ4n) is 0.730. The SMILES string of the molecule is CCCCCSCCNC. The highest BCUT2D eigenvalue weighted by molar-refractivity contribution is 7.99. The predicted octanol–water partition coefficient (Wildman–Crippen LogP) is 2.13. The lowest BCUT2D eigenvalue weighted by molar-refractivity contribution is 0.777. The lowest BCUT2D eigenvalue weighted by Crippen LogP contribution is -2.09. The normalized spacial score (nSPS) is 10.2. The molecule has 2 heteroatoms. The van der Waals surface area contributed by atoms with Crippen LogP contribution >= 0.6 is 11.8 Å². The zero-order valence-electron chi connectivity index (χ0n) is 7.15. The van der Waals surface area contributed by atoms with E-state index in [1.165, 1.54) is 30.8 Å². The summed E-state index contributed by atoms with van der Waals surface area (Å²) < 4.78 is 0. The highest BCUT2D eigenvalue weighted by Gasteiger charge is 1.87. The molecule has 0 atom stereocenters. The molecular formula is C8H19NS. The number of nitrogens with one attached hydrogen (secondary N) is 1. The third kappa shape index (κ3) is 8.31. The molecular weight excluding hydrogens is 142 g/mol. The third-order valence-corrected chi connectivity index (χ3v) is 2.46. The van der Waals surface area contributed by atoms with Gasteiger partial charge in [-0.05, 0) is 19.2 Å². The van der Waals surface area contributed by atoms with Crippen molar-refractivity contribution in [3.8, 4) is 0 Å². The van der Waals surface area contributed by atoms with Crippen molar-refractivity contribution in [3.05, 3.63) is 0 Å². The summed E-state index contributed by atoms with van der Waals surface area (Å²) in [7, 11) is 2.01. The smallest absolute Gasteiger partial charge is 0.00579 e. The summed E-state index contributed by atoms with van der Waals surface area (Å²) in [6, 6.07) is 0. The van der Waals surface area contributed by atoms with Gasteiger partial charge in [0.25, 0.3) is 0 Å². The first-order valence-corrected chi connectivity index (χ1v) is 5.29. The highest BCUT2D eigenvalue weighted by atomic mass is 32.2. The molecule has 0 fully saturated rings. The molecule has 0 spiro atoms. The van der Waals surface area contributed by atoms with Crippen LogP contribution in [0.4, 0.5) is 0 Å². The summed E-state index contributed by atoms with van der Waals surface area (Å²) in [6.45, 7) is 3.40. The molecule has 0 aromatic heterocycles. The Morgan fingerprint density at radius 1 is 1.20 bits per heavy atom. The Bertz CT molecular complexity index is 49.2. The Morgan fingerprint density at radius 2 is 2.00 bits per heavy atom. The first kappa shape index (κ1) is 10.3. The Morgan fingerprint density at radius 3 is 2.60 bits per heavy atom. The van der Waals surface area contributed by atoms with Crippen LogP contribution in [-0.4, -0.2) is 25.1 Å². The monoisotopic (exact) mass is 161 g/mol. The molecule has 0 aliphatic heterocycles. The van der Waals surface area contributed by atoms with Gasteiger partial charge in [0, 0.05) is 12.3 Å². The quantitative estimate of drug-likeness (QED) is 0.574. The molecule has 1 nitrogen and oxygen atoms in total. The van der Waals surface area contributed by atoms with E-state index < -0.39 is 0 Å². The van der Waals surface area contributed by atoms with E-state index >= 15 is 0 Å². The van der Waals surface area contributed by atoms with Gasteiger partial charge >= 0.3 is 0 Å². The van der Waals surface area contributed by atoms with Crippen LogP contribution in [0.2, 0.25) is 0 Å². The highest BCUT2D eigenvalue weighted by Crippen LogP contribution is 2.04. The minimum Gasteiger partial charge on any atom is -0.319 e. The lowest BCUT2D eigenvalue weighted by atomic mass is 10.3. The maximum atomic E-state index is 3.14. The van der Waals surface area contributed by atoms with Gasteiger partial charge in [-0.3, -0.25) is 0 Å². The molecule has 0 aliphatic rings. The molecule has 0 radical (unpaired) electrons. The van der Waals surface area contributed by atoms with Gasteiger partial charge in [0.15, 0.2) is 0 Å². The van der Waals surface area contributed by atoms with E-state index in [1.54, 1.807) is 0 Å². The molecule has 1 N–H and O–H groups in total. The maximum Gasteiger partial charge on any atom is 0.00579 e. The number of rotatable bonds is 7. The molecule has 0 amide bonds. The summed E-state index contributed by atoms with van der Waals surface area (Å²) in [5, 5.41) is 3.14. The van der Waals surface area contributed by atoms with Crippen LogP contribution in [0.5, 0.6) is 0 Å². The molecule has 0 unspecified atom stereocenters. The maximum absolute atomic E-state index is 3.14. The molecule has 0 saturated heterocycles. The third-order valence-electron chi connectivity index (χ3n) is 1.39. The molecule has 10 heavy (non-hydrogen) atoms. The van der Waals surface area contributed by atoms with Gasteiger partial charge < -0.3 is 5.32 Å². The second-order valence-electron chi connectivity index (χ2n) is 2.42. The molecule has 0 heterocycles.